The number of hydrogen-bond donors (Lipinski definition) is 2. The van der Waals surface area contributed by atoms with Crippen LogP contribution in [0.15, 0.2) is 18.2 Å². The van der Waals surface area contributed by atoms with Crippen LogP contribution in [-0.2, 0) is 9.47 Å². The predicted octanol–water partition coefficient (Wildman–Crippen LogP) is 1.19. The van der Waals surface area contributed by atoms with Crippen LogP contribution in [0.2, 0.25) is 0 Å². The molecule has 21 heavy (non-hydrogen) atoms. The van der Waals surface area contributed by atoms with E-state index in [0.717, 1.165) is 18.8 Å². The van der Waals surface area contributed by atoms with Crippen molar-refractivity contribution in [3.8, 4) is 0 Å². The molecule has 0 spiro atoms. The zero-order valence-corrected chi connectivity index (χ0v) is 11.4. The van der Waals surface area contributed by atoms with Gasteiger partial charge in [0, 0.05) is 30.0 Å². The lowest BCUT2D eigenvalue weighted by Crippen LogP contribution is -2.39. The summed E-state index contributed by atoms with van der Waals surface area (Å²) in [4.78, 5) is 24.9. The molecule has 0 amide bonds. The maximum Gasteiger partial charge on any atom is 0.506 e. The molecule has 3 rings (SSSR count). The summed E-state index contributed by atoms with van der Waals surface area (Å²) in [7, 11) is 0. The van der Waals surface area contributed by atoms with Crippen molar-refractivity contribution in [2.75, 3.05) is 43.1 Å². The van der Waals surface area contributed by atoms with Crippen LogP contribution in [0.5, 0.6) is 0 Å². The molecule has 2 heterocycles. The van der Waals surface area contributed by atoms with Crippen LogP contribution in [0.25, 0.3) is 0 Å². The van der Waals surface area contributed by atoms with Crippen LogP contribution < -0.4 is 10.2 Å². The summed E-state index contributed by atoms with van der Waals surface area (Å²) < 4.78 is 9.90. The van der Waals surface area contributed by atoms with E-state index in [9.17, 15) is 9.59 Å². The topological polar surface area (TPSA) is 88.1 Å². The molecule has 2 aliphatic rings. The number of nitrogens with one attached hydrogen (secondary N) is 1. The van der Waals surface area contributed by atoms with E-state index in [1.807, 2.05) is 12.1 Å². The van der Waals surface area contributed by atoms with Gasteiger partial charge in [-0.1, -0.05) is 0 Å². The Morgan fingerprint density at radius 1 is 1.38 bits per heavy atom. The lowest BCUT2D eigenvalue weighted by atomic mass is 9.99. The van der Waals surface area contributed by atoms with E-state index in [-0.39, 0.29) is 12.3 Å². The number of carbonyl (C=O) groups is 2. The van der Waals surface area contributed by atoms with Gasteiger partial charge in [0.2, 0.25) is 5.78 Å². The van der Waals surface area contributed by atoms with Gasteiger partial charge in [-0.2, -0.15) is 0 Å². The minimum absolute atomic E-state index is 0.157. The Morgan fingerprint density at radius 3 is 2.86 bits per heavy atom. The Bertz CT molecular complexity index is 568. The fraction of sp³-hybridized carbons (Fsp3) is 0.429. The first-order valence-electron chi connectivity index (χ1n) is 6.79. The Balaban J connectivity index is 1.81. The molecule has 7 nitrogen and oxygen atoms in total. The van der Waals surface area contributed by atoms with Gasteiger partial charge in [-0.15, -0.1) is 0 Å². The van der Waals surface area contributed by atoms with Gasteiger partial charge in [0.15, 0.2) is 6.10 Å². The first kappa shape index (κ1) is 13.7. The van der Waals surface area contributed by atoms with Crippen molar-refractivity contribution >= 4 is 23.3 Å². The number of morpholine rings is 1. The van der Waals surface area contributed by atoms with Crippen LogP contribution in [0.1, 0.15) is 10.4 Å². The van der Waals surface area contributed by atoms with E-state index in [1.54, 1.807) is 6.07 Å². The lowest BCUT2D eigenvalue weighted by Gasteiger charge is -2.30. The quantitative estimate of drug-likeness (QED) is 0.792. The van der Waals surface area contributed by atoms with Gasteiger partial charge in [-0.05, 0) is 18.2 Å². The van der Waals surface area contributed by atoms with Crippen LogP contribution in [-0.4, -0.2) is 56.0 Å². The number of anilines is 2. The molecule has 1 aromatic carbocycles. The molecule has 2 aliphatic heterocycles. The summed E-state index contributed by atoms with van der Waals surface area (Å²) in [6.07, 6.45) is -2.42. The summed E-state index contributed by atoms with van der Waals surface area (Å²) in [5.74, 6) is -0.306. The van der Waals surface area contributed by atoms with Gasteiger partial charge < -0.3 is 24.8 Å². The van der Waals surface area contributed by atoms with Crippen molar-refractivity contribution in [3.05, 3.63) is 23.8 Å². The molecule has 112 valence electrons. The molecule has 0 bridgehead atoms. The fourth-order valence-corrected chi connectivity index (χ4v) is 2.60. The van der Waals surface area contributed by atoms with E-state index in [0.29, 0.717) is 24.5 Å². The zero-order valence-electron chi connectivity index (χ0n) is 11.4. The largest absolute Gasteiger partial charge is 0.506 e. The second-order valence-corrected chi connectivity index (χ2v) is 4.95. The summed E-state index contributed by atoms with van der Waals surface area (Å²) in [6.45, 7) is 3.18. The van der Waals surface area contributed by atoms with E-state index in [4.69, 9.17) is 9.84 Å². The number of Topliss-reactive ketones (excluding diaryl/α,β-unsaturated/α-hetero) is 1. The molecule has 1 saturated heterocycles. The Kier molecular flexibility index (Phi) is 3.66. The van der Waals surface area contributed by atoms with Crippen molar-refractivity contribution in [2.24, 2.45) is 0 Å². The molecule has 1 aromatic rings. The molecule has 1 atom stereocenters. The monoisotopic (exact) mass is 292 g/mol. The molecule has 1 fully saturated rings. The molecule has 0 aromatic heterocycles. The minimum Gasteiger partial charge on any atom is -0.450 e. The van der Waals surface area contributed by atoms with Gasteiger partial charge in [0.1, 0.15) is 0 Å². The van der Waals surface area contributed by atoms with Gasteiger partial charge in [-0.25, -0.2) is 4.79 Å². The van der Waals surface area contributed by atoms with Crippen molar-refractivity contribution in [3.63, 3.8) is 0 Å². The zero-order chi connectivity index (χ0) is 14.8. The number of benzene rings is 1. The maximum atomic E-state index is 12.2. The van der Waals surface area contributed by atoms with E-state index in [2.05, 4.69) is 15.0 Å². The highest BCUT2D eigenvalue weighted by Gasteiger charge is 2.30. The second kappa shape index (κ2) is 5.61. The van der Waals surface area contributed by atoms with Gasteiger partial charge in [-0.3, -0.25) is 4.79 Å². The SMILES string of the molecule is O=C(O)OC1CNc2cc(N3CCOCC3)ccc2C1=O. The third kappa shape index (κ3) is 2.78. The second-order valence-electron chi connectivity index (χ2n) is 4.95. The molecule has 2 N–H and O–H groups in total. The van der Waals surface area contributed by atoms with Crippen molar-refractivity contribution in [1.82, 2.24) is 0 Å². The molecular weight excluding hydrogens is 276 g/mol. The first-order valence-corrected chi connectivity index (χ1v) is 6.79. The molecular formula is C14H16N2O5. The molecule has 0 radical (unpaired) electrons. The minimum atomic E-state index is -1.44. The number of rotatable bonds is 2. The third-order valence-electron chi connectivity index (χ3n) is 3.66. The van der Waals surface area contributed by atoms with Gasteiger partial charge in [0.25, 0.3) is 0 Å². The molecule has 0 saturated carbocycles. The summed E-state index contributed by atoms with van der Waals surface area (Å²) >= 11 is 0. The Hall–Kier alpha value is -2.28. The van der Waals surface area contributed by atoms with Crippen molar-refractivity contribution < 1.29 is 24.2 Å². The van der Waals surface area contributed by atoms with E-state index in [1.165, 1.54) is 0 Å². The maximum absolute atomic E-state index is 12.2. The third-order valence-corrected chi connectivity index (χ3v) is 3.66. The van der Waals surface area contributed by atoms with Crippen LogP contribution in [0.4, 0.5) is 16.2 Å². The average molecular weight is 292 g/mol. The smallest absolute Gasteiger partial charge is 0.450 e. The summed E-state index contributed by atoms with van der Waals surface area (Å²) in [5, 5.41) is 11.7. The van der Waals surface area contributed by atoms with Gasteiger partial charge >= 0.3 is 6.16 Å². The predicted molar refractivity (Wildman–Crippen MR) is 75.2 cm³/mol. The van der Waals surface area contributed by atoms with Crippen molar-refractivity contribution in [2.45, 2.75) is 6.10 Å². The number of ketones is 1. The number of carbonyl (C=O) groups excluding carboxylic acids is 1. The van der Waals surface area contributed by atoms with Gasteiger partial charge in [0.05, 0.1) is 19.8 Å². The highest BCUT2D eigenvalue weighted by Crippen LogP contribution is 2.28. The van der Waals surface area contributed by atoms with Crippen LogP contribution >= 0.6 is 0 Å². The van der Waals surface area contributed by atoms with E-state index < -0.39 is 12.3 Å². The first-order chi connectivity index (χ1) is 10.1. The fourth-order valence-electron chi connectivity index (χ4n) is 2.60. The highest BCUT2D eigenvalue weighted by molar-refractivity contribution is 6.07. The molecule has 0 aliphatic carbocycles. The van der Waals surface area contributed by atoms with Crippen LogP contribution in [0.3, 0.4) is 0 Å². The summed E-state index contributed by atoms with van der Waals surface area (Å²) in [6, 6.07) is 5.50. The number of fused-ring (bicyclic) bond motifs is 1. The number of hydrogen-bond acceptors (Lipinski definition) is 6. The molecule has 1 unspecified atom stereocenters. The lowest BCUT2D eigenvalue weighted by molar-refractivity contribution is 0.0449. The normalized spacial score (nSPS) is 21.4. The number of carboxylic acid groups (broad SMARTS) is 1. The Labute approximate surface area is 121 Å². The van der Waals surface area contributed by atoms with E-state index >= 15 is 0 Å². The highest BCUT2D eigenvalue weighted by atomic mass is 16.7. The van der Waals surface area contributed by atoms with Crippen molar-refractivity contribution in [1.29, 1.82) is 0 Å². The standard InChI is InChI=1S/C14H16N2O5/c17-13-10-2-1-9(16-3-5-20-6-4-16)7-11(10)15-8-12(13)21-14(18)19/h1-2,7,12,15H,3-6,8H2,(H,18,19). The average Bonchev–Trinajstić information content (AvgIpc) is 2.50. The van der Waals surface area contributed by atoms with Crippen LogP contribution in [0, 0.1) is 0 Å². The number of ether oxygens (including phenoxy) is 2. The number of nitrogens with zero attached hydrogens (tertiary/aromatic N) is 1. The Morgan fingerprint density at radius 2 is 2.14 bits per heavy atom. The summed E-state index contributed by atoms with van der Waals surface area (Å²) in [5.41, 5.74) is 2.20. The molecule has 7 heteroatoms.